The van der Waals surface area contributed by atoms with Crippen molar-refractivity contribution in [2.45, 2.75) is 5.54 Å². The van der Waals surface area contributed by atoms with Gasteiger partial charge in [0.25, 0.3) is 0 Å². The van der Waals surface area contributed by atoms with Crippen molar-refractivity contribution in [3.63, 3.8) is 0 Å². The molecule has 0 radical (unpaired) electrons. The SMILES string of the molecule is O=Cc1cnnn1C(c1ccccc1)(c1ccccc1)c1ccccc1. The number of carbonyl (C=O) groups is 1. The van der Waals surface area contributed by atoms with E-state index in [2.05, 4.69) is 46.7 Å². The maximum absolute atomic E-state index is 11.7. The third kappa shape index (κ3) is 2.43. The van der Waals surface area contributed by atoms with E-state index in [4.69, 9.17) is 0 Å². The monoisotopic (exact) mass is 339 g/mol. The summed E-state index contributed by atoms with van der Waals surface area (Å²) in [7, 11) is 0. The van der Waals surface area contributed by atoms with Gasteiger partial charge in [0, 0.05) is 0 Å². The highest BCUT2D eigenvalue weighted by molar-refractivity contribution is 5.72. The van der Waals surface area contributed by atoms with Crippen LogP contribution >= 0.6 is 0 Å². The number of hydrogen-bond donors (Lipinski definition) is 0. The maximum atomic E-state index is 11.7. The first-order valence-corrected chi connectivity index (χ1v) is 8.40. The van der Waals surface area contributed by atoms with Gasteiger partial charge >= 0.3 is 0 Å². The van der Waals surface area contributed by atoms with E-state index in [1.165, 1.54) is 6.20 Å². The number of aldehydes is 1. The molecule has 4 nitrogen and oxygen atoms in total. The van der Waals surface area contributed by atoms with E-state index >= 15 is 0 Å². The summed E-state index contributed by atoms with van der Waals surface area (Å²) in [5.74, 6) is 0. The van der Waals surface area contributed by atoms with Crippen molar-refractivity contribution in [3.05, 3.63) is 120 Å². The lowest BCUT2D eigenvalue weighted by Gasteiger charge is -2.36. The van der Waals surface area contributed by atoms with E-state index in [0.29, 0.717) is 5.69 Å². The van der Waals surface area contributed by atoms with Gasteiger partial charge in [-0.2, -0.15) is 0 Å². The first-order valence-electron chi connectivity index (χ1n) is 8.40. The lowest BCUT2D eigenvalue weighted by molar-refractivity contribution is 0.111. The molecule has 0 saturated heterocycles. The number of hydrogen-bond acceptors (Lipinski definition) is 3. The Bertz CT molecular complexity index is 899. The molecule has 0 spiro atoms. The van der Waals surface area contributed by atoms with Crippen molar-refractivity contribution in [1.82, 2.24) is 15.0 Å². The van der Waals surface area contributed by atoms with Gasteiger partial charge in [-0.05, 0) is 16.7 Å². The summed E-state index contributed by atoms with van der Waals surface area (Å²) in [5.41, 5.74) is 2.64. The summed E-state index contributed by atoms with van der Waals surface area (Å²) >= 11 is 0. The fraction of sp³-hybridized carbons (Fsp3) is 0.0455. The van der Waals surface area contributed by atoms with Crippen LogP contribution in [0.2, 0.25) is 0 Å². The Morgan fingerprint density at radius 1 is 0.692 bits per heavy atom. The van der Waals surface area contributed by atoms with Crippen LogP contribution in [-0.4, -0.2) is 21.3 Å². The molecule has 0 aliphatic rings. The summed E-state index contributed by atoms with van der Waals surface area (Å²) in [6, 6.07) is 30.2. The Hall–Kier alpha value is -3.53. The zero-order valence-electron chi connectivity index (χ0n) is 14.1. The number of carbonyl (C=O) groups excluding carboxylic acids is 1. The molecule has 0 amide bonds. The predicted molar refractivity (Wildman–Crippen MR) is 100 cm³/mol. The predicted octanol–water partition coefficient (Wildman–Crippen LogP) is 3.93. The molecule has 0 N–H and O–H groups in total. The molecular weight excluding hydrogens is 322 g/mol. The zero-order chi connectivity index (χ0) is 17.8. The van der Waals surface area contributed by atoms with E-state index in [9.17, 15) is 4.79 Å². The van der Waals surface area contributed by atoms with Gasteiger partial charge in [-0.15, -0.1) is 5.10 Å². The van der Waals surface area contributed by atoms with Crippen LogP contribution in [0, 0.1) is 0 Å². The summed E-state index contributed by atoms with van der Waals surface area (Å²) in [4.78, 5) is 11.7. The highest BCUT2D eigenvalue weighted by Crippen LogP contribution is 2.40. The summed E-state index contributed by atoms with van der Waals surface area (Å²) in [6.07, 6.45) is 2.29. The number of rotatable bonds is 5. The second kappa shape index (κ2) is 6.76. The molecule has 3 aromatic carbocycles. The number of benzene rings is 3. The molecule has 0 unspecified atom stereocenters. The second-order valence-electron chi connectivity index (χ2n) is 6.00. The smallest absolute Gasteiger partial charge is 0.169 e. The van der Waals surface area contributed by atoms with Gasteiger partial charge in [-0.25, -0.2) is 4.68 Å². The first kappa shape index (κ1) is 16.0. The topological polar surface area (TPSA) is 47.8 Å². The minimum atomic E-state index is -0.795. The molecule has 4 rings (SSSR count). The van der Waals surface area contributed by atoms with Gasteiger partial charge in [0.2, 0.25) is 0 Å². The van der Waals surface area contributed by atoms with E-state index < -0.39 is 5.54 Å². The van der Waals surface area contributed by atoms with Crippen molar-refractivity contribution in [2.24, 2.45) is 0 Å². The molecule has 4 heteroatoms. The normalized spacial score (nSPS) is 11.2. The highest BCUT2D eigenvalue weighted by Gasteiger charge is 2.40. The summed E-state index contributed by atoms with van der Waals surface area (Å²) in [5, 5.41) is 8.34. The molecule has 0 aliphatic heterocycles. The molecule has 0 saturated carbocycles. The van der Waals surface area contributed by atoms with Crippen molar-refractivity contribution < 1.29 is 4.79 Å². The third-order valence-electron chi connectivity index (χ3n) is 4.59. The second-order valence-corrected chi connectivity index (χ2v) is 6.00. The Balaban J connectivity index is 2.16. The Labute approximate surface area is 151 Å². The van der Waals surface area contributed by atoms with E-state index in [0.717, 1.165) is 23.0 Å². The van der Waals surface area contributed by atoms with Gasteiger partial charge < -0.3 is 0 Å². The highest BCUT2D eigenvalue weighted by atomic mass is 16.1. The van der Waals surface area contributed by atoms with Crippen LogP contribution in [0.5, 0.6) is 0 Å². The molecule has 26 heavy (non-hydrogen) atoms. The van der Waals surface area contributed by atoms with Crippen LogP contribution in [-0.2, 0) is 5.54 Å². The Kier molecular flexibility index (Phi) is 4.15. The van der Waals surface area contributed by atoms with Crippen molar-refractivity contribution in [2.75, 3.05) is 0 Å². The van der Waals surface area contributed by atoms with Crippen LogP contribution in [0.15, 0.2) is 97.2 Å². The van der Waals surface area contributed by atoms with Gasteiger partial charge in [0.05, 0.1) is 6.20 Å². The largest absolute Gasteiger partial charge is 0.296 e. The van der Waals surface area contributed by atoms with Gasteiger partial charge in [-0.1, -0.05) is 96.2 Å². The molecule has 0 fully saturated rings. The van der Waals surface area contributed by atoms with Gasteiger partial charge in [0.15, 0.2) is 6.29 Å². The molecule has 4 aromatic rings. The third-order valence-corrected chi connectivity index (χ3v) is 4.59. The van der Waals surface area contributed by atoms with Gasteiger partial charge in [-0.3, -0.25) is 4.79 Å². The lowest BCUT2D eigenvalue weighted by Crippen LogP contribution is -2.39. The summed E-state index contributed by atoms with van der Waals surface area (Å²) < 4.78 is 1.71. The average Bonchev–Trinajstić information content (AvgIpc) is 3.20. The van der Waals surface area contributed by atoms with Crippen LogP contribution in [0.1, 0.15) is 27.2 Å². The van der Waals surface area contributed by atoms with Crippen molar-refractivity contribution >= 4 is 6.29 Å². The Morgan fingerprint density at radius 2 is 1.12 bits per heavy atom. The van der Waals surface area contributed by atoms with Gasteiger partial charge in [0.1, 0.15) is 11.2 Å². The lowest BCUT2D eigenvalue weighted by atomic mass is 9.77. The van der Waals surface area contributed by atoms with Crippen molar-refractivity contribution in [3.8, 4) is 0 Å². The Morgan fingerprint density at radius 3 is 1.50 bits per heavy atom. The molecule has 126 valence electrons. The van der Waals surface area contributed by atoms with E-state index in [-0.39, 0.29) is 0 Å². The number of nitrogens with zero attached hydrogens (tertiary/aromatic N) is 3. The minimum absolute atomic E-state index is 0.418. The molecule has 0 bridgehead atoms. The quantitative estimate of drug-likeness (QED) is 0.409. The molecule has 0 aliphatic carbocycles. The average molecular weight is 339 g/mol. The standard InChI is InChI=1S/C22H17N3O/c26-17-21-16-23-24-25(21)22(18-10-4-1-5-11-18,19-12-6-2-7-13-19)20-14-8-3-9-15-20/h1-17H. The fourth-order valence-electron chi connectivity index (χ4n) is 3.49. The maximum Gasteiger partial charge on any atom is 0.169 e. The fourth-order valence-corrected chi connectivity index (χ4v) is 3.49. The van der Waals surface area contributed by atoms with Crippen LogP contribution < -0.4 is 0 Å². The van der Waals surface area contributed by atoms with Crippen molar-refractivity contribution in [1.29, 1.82) is 0 Å². The van der Waals surface area contributed by atoms with E-state index in [1.807, 2.05) is 54.6 Å². The van der Waals surface area contributed by atoms with Crippen LogP contribution in [0.25, 0.3) is 0 Å². The number of aromatic nitrogens is 3. The molecule has 1 heterocycles. The van der Waals surface area contributed by atoms with E-state index in [1.54, 1.807) is 4.68 Å². The van der Waals surface area contributed by atoms with Crippen LogP contribution in [0.4, 0.5) is 0 Å². The van der Waals surface area contributed by atoms with Crippen LogP contribution in [0.3, 0.4) is 0 Å². The zero-order valence-corrected chi connectivity index (χ0v) is 14.1. The molecular formula is C22H17N3O. The first-order chi connectivity index (χ1) is 12.9. The molecule has 0 atom stereocenters. The molecule has 1 aromatic heterocycles. The summed E-state index contributed by atoms with van der Waals surface area (Å²) in [6.45, 7) is 0. The minimum Gasteiger partial charge on any atom is -0.296 e.